The maximum Gasteiger partial charge on any atom is 0.227 e. The van der Waals surface area contributed by atoms with Crippen LogP contribution < -0.4 is 5.32 Å². The van der Waals surface area contributed by atoms with Gasteiger partial charge in [0.1, 0.15) is 0 Å². The van der Waals surface area contributed by atoms with Crippen LogP contribution in [0.1, 0.15) is 43.0 Å². The Hall–Kier alpha value is -0.870. The lowest BCUT2D eigenvalue weighted by atomic mass is 9.87. The third kappa shape index (κ3) is 3.07. The molecule has 94 valence electrons. The van der Waals surface area contributed by atoms with Gasteiger partial charge in [-0.3, -0.25) is 4.79 Å². The highest BCUT2D eigenvalue weighted by molar-refractivity contribution is 7.10. The highest BCUT2D eigenvalue weighted by Gasteiger charge is 2.28. The molecule has 0 fully saturated rings. The first kappa shape index (κ1) is 12.6. The minimum absolute atomic E-state index is 0.0210. The maximum absolute atomic E-state index is 12.1. The van der Waals surface area contributed by atoms with Crippen LogP contribution in [0.5, 0.6) is 0 Å². The fourth-order valence-corrected chi connectivity index (χ4v) is 3.17. The number of amides is 1. The number of hydrogen-bond acceptors (Lipinski definition) is 3. The van der Waals surface area contributed by atoms with Crippen LogP contribution in [0.4, 0.5) is 0 Å². The molecule has 1 heterocycles. The van der Waals surface area contributed by atoms with Crippen molar-refractivity contribution in [3.05, 3.63) is 21.9 Å². The predicted molar refractivity (Wildman–Crippen MR) is 69.3 cm³/mol. The van der Waals surface area contributed by atoms with Gasteiger partial charge in [0.25, 0.3) is 0 Å². The van der Waals surface area contributed by atoms with Gasteiger partial charge in [-0.05, 0) is 50.1 Å². The van der Waals surface area contributed by atoms with Crippen molar-refractivity contribution in [2.75, 3.05) is 6.54 Å². The number of carbonyl (C=O) groups is 1. The SMILES string of the molecule is CC(C)(O)CNC(=O)C1CCCc2sccc21. The number of fused-ring (bicyclic) bond motifs is 1. The van der Waals surface area contributed by atoms with Gasteiger partial charge < -0.3 is 10.4 Å². The molecule has 0 saturated carbocycles. The fourth-order valence-electron chi connectivity index (χ4n) is 2.19. The molecule has 1 aliphatic rings. The first-order valence-corrected chi connectivity index (χ1v) is 6.92. The van der Waals surface area contributed by atoms with E-state index in [0.717, 1.165) is 19.3 Å². The zero-order valence-electron chi connectivity index (χ0n) is 10.3. The molecule has 0 saturated heterocycles. The van der Waals surface area contributed by atoms with Crippen LogP contribution in [0, 0.1) is 0 Å². The zero-order chi connectivity index (χ0) is 12.5. The average Bonchev–Trinajstić information content (AvgIpc) is 2.72. The van der Waals surface area contributed by atoms with Gasteiger partial charge in [0, 0.05) is 11.4 Å². The van der Waals surface area contributed by atoms with E-state index in [4.69, 9.17) is 0 Å². The lowest BCUT2D eigenvalue weighted by molar-refractivity contribution is -0.123. The van der Waals surface area contributed by atoms with E-state index in [1.165, 1.54) is 10.4 Å². The number of rotatable bonds is 3. The minimum Gasteiger partial charge on any atom is -0.389 e. The second kappa shape index (κ2) is 4.78. The van der Waals surface area contributed by atoms with Crippen LogP contribution in [0.25, 0.3) is 0 Å². The molecule has 1 aliphatic carbocycles. The van der Waals surface area contributed by atoms with Crippen molar-refractivity contribution in [2.24, 2.45) is 0 Å². The first-order chi connectivity index (χ1) is 7.97. The molecule has 0 bridgehead atoms. The third-order valence-electron chi connectivity index (χ3n) is 3.06. The Kier molecular flexibility index (Phi) is 3.54. The zero-order valence-corrected chi connectivity index (χ0v) is 11.1. The lowest BCUT2D eigenvalue weighted by Crippen LogP contribution is -2.40. The van der Waals surface area contributed by atoms with E-state index in [1.54, 1.807) is 25.2 Å². The van der Waals surface area contributed by atoms with Crippen molar-refractivity contribution in [3.63, 3.8) is 0 Å². The van der Waals surface area contributed by atoms with Gasteiger partial charge in [-0.25, -0.2) is 0 Å². The van der Waals surface area contributed by atoms with Crippen molar-refractivity contribution < 1.29 is 9.90 Å². The van der Waals surface area contributed by atoms with E-state index in [9.17, 15) is 9.90 Å². The summed E-state index contributed by atoms with van der Waals surface area (Å²) >= 11 is 1.74. The van der Waals surface area contributed by atoms with Gasteiger partial charge in [-0.1, -0.05) is 0 Å². The first-order valence-electron chi connectivity index (χ1n) is 6.04. The monoisotopic (exact) mass is 253 g/mol. The Bertz CT molecular complexity index is 406. The molecule has 1 aromatic heterocycles. The third-order valence-corrected chi connectivity index (χ3v) is 4.06. The molecule has 1 amide bonds. The quantitative estimate of drug-likeness (QED) is 0.866. The Morgan fingerprint density at radius 1 is 1.65 bits per heavy atom. The second-order valence-corrected chi connectivity index (χ2v) is 6.27. The van der Waals surface area contributed by atoms with Crippen LogP contribution in [-0.2, 0) is 11.2 Å². The Morgan fingerprint density at radius 2 is 2.41 bits per heavy atom. The number of carbonyl (C=O) groups excluding carboxylic acids is 1. The molecule has 1 unspecified atom stereocenters. The van der Waals surface area contributed by atoms with Gasteiger partial charge in [0.2, 0.25) is 5.91 Å². The fraction of sp³-hybridized carbons (Fsp3) is 0.615. The van der Waals surface area contributed by atoms with Crippen molar-refractivity contribution >= 4 is 17.2 Å². The summed E-state index contributed by atoms with van der Waals surface area (Å²) in [5.74, 6) is 0.0267. The summed E-state index contributed by atoms with van der Waals surface area (Å²) in [6, 6.07) is 2.06. The van der Waals surface area contributed by atoms with Crippen molar-refractivity contribution in [1.82, 2.24) is 5.32 Å². The van der Waals surface area contributed by atoms with Gasteiger partial charge in [-0.2, -0.15) is 0 Å². The number of hydrogen-bond donors (Lipinski definition) is 2. The molecular formula is C13H19NO2S. The summed E-state index contributed by atoms with van der Waals surface area (Å²) in [5, 5.41) is 14.5. The standard InChI is InChI=1S/C13H19NO2S/c1-13(2,16)8-14-12(15)10-4-3-5-11-9(10)6-7-17-11/h6-7,10,16H,3-5,8H2,1-2H3,(H,14,15). The van der Waals surface area contributed by atoms with Crippen LogP contribution >= 0.6 is 11.3 Å². The van der Waals surface area contributed by atoms with E-state index in [-0.39, 0.29) is 11.8 Å². The summed E-state index contributed by atoms with van der Waals surface area (Å²) in [6.45, 7) is 3.70. The minimum atomic E-state index is -0.845. The molecule has 3 nitrogen and oxygen atoms in total. The number of thiophene rings is 1. The van der Waals surface area contributed by atoms with E-state index in [0.29, 0.717) is 6.54 Å². The van der Waals surface area contributed by atoms with E-state index in [2.05, 4.69) is 16.8 Å². The lowest BCUT2D eigenvalue weighted by Gasteiger charge is -2.24. The molecule has 2 N–H and O–H groups in total. The summed E-state index contributed by atoms with van der Waals surface area (Å²) < 4.78 is 0. The summed E-state index contributed by atoms with van der Waals surface area (Å²) in [4.78, 5) is 13.4. The van der Waals surface area contributed by atoms with E-state index < -0.39 is 5.60 Å². The van der Waals surface area contributed by atoms with Gasteiger partial charge in [0.05, 0.1) is 11.5 Å². The Labute approximate surface area is 106 Å². The van der Waals surface area contributed by atoms with Crippen LogP contribution in [-0.4, -0.2) is 23.2 Å². The van der Waals surface area contributed by atoms with Gasteiger partial charge in [0.15, 0.2) is 0 Å². The number of aliphatic hydroxyl groups is 1. The largest absolute Gasteiger partial charge is 0.389 e. The topological polar surface area (TPSA) is 49.3 Å². The van der Waals surface area contributed by atoms with Crippen LogP contribution in [0.2, 0.25) is 0 Å². The smallest absolute Gasteiger partial charge is 0.227 e. The average molecular weight is 253 g/mol. The molecule has 1 atom stereocenters. The van der Waals surface area contributed by atoms with Gasteiger partial charge >= 0.3 is 0 Å². The molecule has 2 rings (SSSR count). The van der Waals surface area contributed by atoms with Crippen molar-refractivity contribution in [1.29, 1.82) is 0 Å². The molecule has 0 aliphatic heterocycles. The Balaban J connectivity index is 2.02. The van der Waals surface area contributed by atoms with E-state index in [1.807, 2.05) is 0 Å². The summed E-state index contributed by atoms with van der Waals surface area (Å²) in [7, 11) is 0. The molecule has 17 heavy (non-hydrogen) atoms. The molecule has 0 spiro atoms. The molecule has 4 heteroatoms. The molecular weight excluding hydrogens is 234 g/mol. The van der Waals surface area contributed by atoms with Crippen molar-refractivity contribution in [3.8, 4) is 0 Å². The summed E-state index contributed by atoms with van der Waals surface area (Å²) in [6.07, 6.45) is 3.10. The molecule has 0 radical (unpaired) electrons. The highest BCUT2D eigenvalue weighted by Crippen LogP contribution is 2.34. The number of nitrogens with one attached hydrogen (secondary N) is 1. The second-order valence-electron chi connectivity index (χ2n) is 5.27. The normalized spacial score (nSPS) is 19.8. The molecule has 1 aromatic rings. The molecule has 0 aromatic carbocycles. The van der Waals surface area contributed by atoms with Crippen molar-refractivity contribution in [2.45, 2.75) is 44.6 Å². The van der Waals surface area contributed by atoms with E-state index >= 15 is 0 Å². The van der Waals surface area contributed by atoms with Crippen LogP contribution in [0.15, 0.2) is 11.4 Å². The number of aryl methyl sites for hydroxylation is 1. The maximum atomic E-state index is 12.1. The highest BCUT2D eigenvalue weighted by atomic mass is 32.1. The van der Waals surface area contributed by atoms with Crippen LogP contribution in [0.3, 0.4) is 0 Å². The predicted octanol–water partition coefficient (Wildman–Crippen LogP) is 2.06. The Morgan fingerprint density at radius 3 is 3.12 bits per heavy atom. The summed E-state index contributed by atoms with van der Waals surface area (Å²) in [5.41, 5.74) is 0.344. The van der Waals surface area contributed by atoms with Gasteiger partial charge in [-0.15, -0.1) is 11.3 Å².